The quantitative estimate of drug-likeness (QED) is 0.836. The second kappa shape index (κ2) is 8.14. The minimum Gasteiger partial charge on any atom is -0.381 e. The van der Waals surface area contributed by atoms with Crippen LogP contribution in [0, 0.1) is 18.6 Å². The molecule has 1 unspecified atom stereocenters. The first-order valence-electron chi connectivity index (χ1n) is 10.1. The minimum atomic E-state index is -0.819. The first-order chi connectivity index (χ1) is 14.4. The predicted octanol–water partition coefficient (Wildman–Crippen LogP) is 3.24. The molecule has 2 amide bonds. The van der Waals surface area contributed by atoms with E-state index in [1.807, 2.05) is 31.2 Å². The van der Waals surface area contributed by atoms with Gasteiger partial charge in [-0.2, -0.15) is 0 Å². The lowest BCUT2D eigenvalue weighted by molar-refractivity contribution is -0.133. The molecule has 1 atom stereocenters. The molecule has 4 rings (SSSR count). The number of nitrogens with zero attached hydrogens (tertiary/aromatic N) is 1. The SMILES string of the molecule is Cc1ccccc1C1(C(=O)NC2CCN(c3c(F)cccc3F)C2=O)CCOCC1. The number of aryl methyl sites for hydroxylation is 1. The van der Waals surface area contributed by atoms with Crippen molar-refractivity contribution in [1.29, 1.82) is 0 Å². The number of carbonyl (C=O) groups excluding carboxylic acids is 2. The molecule has 7 heteroatoms. The number of anilines is 1. The Morgan fingerprint density at radius 1 is 1.10 bits per heavy atom. The standard InChI is InChI=1S/C23H24F2N2O3/c1-15-5-2-3-6-16(15)23(10-13-30-14-11-23)22(29)26-19-9-12-27(21(19)28)20-17(24)7-4-8-18(20)25/h2-8,19H,9-14H2,1H3,(H,26,29). The van der Waals surface area contributed by atoms with Gasteiger partial charge in [0.1, 0.15) is 23.4 Å². The molecule has 2 aromatic carbocycles. The maximum absolute atomic E-state index is 14.1. The summed E-state index contributed by atoms with van der Waals surface area (Å²) in [4.78, 5) is 27.4. The average molecular weight is 414 g/mol. The van der Waals surface area contributed by atoms with Gasteiger partial charge >= 0.3 is 0 Å². The number of hydrogen-bond donors (Lipinski definition) is 1. The zero-order chi connectivity index (χ0) is 21.3. The Kier molecular flexibility index (Phi) is 5.56. The molecule has 0 spiro atoms. The third kappa shape index (κ3) is 3.47. The van der Waals surface area contributed by atoms with Crippen LogP contribution in [0.3, 0.4) is 0 Å². The lowest BCUT2D eigenvalue weighted by atomic mass is 9.71. The highest BCUT2D eigenvalue weighted by Gasteiger charge is 2.45. The molecule has 30 heavy (non-hydrogen) atoms. The van der Waals surface area contributed by atoms with Crippen molar-refractivity contribution in [1.82, 2.24) is 5.32 Å². The third-order valence-electron chi connectivity index (χ3n) is 6.16. The number of nitrogens with one attached hydrogen (secondary N) is 1. The van der Waals surface area contributed by atoms with Gasteiger partial charge in [0.25, 0.3) is 0 Å². The van der Waals surface area contributed by atoms with Gasteiger partial charge in [-0.1, -0.05) is 30.3 Å². The molecule has 2 heterocycles. The van der Waals surface area contributed by atoms with Crippen molar-refractivity contribution in [2.45, 2.75) is 37.6 Å². The van der Waals surface area contributed by atoms with Crippen LogP contribution in [0.2, 0.25) is 0 Å². The van der Waals surface area contributed by atoms with Gasteiger partial charge in [0, 0.05) is 19.8 Å². The van der Waals surface area contributed by atoms with E-state index in [0.29, 0.717) is 32.5 Å². The van der Waals surface area contributed by atoms with Crippen molar-refractivity contribution < 1.29 is 23.1 Å². The van der Waals surface area contributed by atoms with Crippen molar-refractivity contribution in [3.8, 4) is 0 Å². The number of halogens is 2. The van der Waals surface area contributed by atoms with Gasteiger partial charge in [0.2, 0.25) is 11.8 Å². The highest BCUT2D eigenvalue weighted by Crippen LogP contribution is 2.37. The summed E-state index contributed by atoms with van der Waals surface area (Å²) < 4.78 is 33.8. The monoisotopic (exact) mass is 414 g/mol. The van der Waals surface area contributed by atoms with Gasteiger partial charge in [-0.05, 0) is 49.4 Å². The van der Waals surface area contributed by atoms with Crippen molar-refractivity contribution >= 4 is 17.5 Å². The molecule has 0 aliphatic carbocycles. The van der Waals surface area contributed by atoms with Crippen LogP contribution in [0.5, 0.6) is 0 Å². The molecule has 0 aromatic heterocycles. The van der Waals surface area contributed by atoms with Crippen LogP contribution in [-0.2, 0) is 19.7 Å². The van der Waals surface area contributed by atoms with Gasteiger partial charge in [0.15, 0.2) is 0 Å². The second-order valence-corrected chi connectivity index (χ2v) is 7.88. The fourth-order valence-corrected chi connectivity index (χ4v) is 4.53. The number of carbonyl (C=O) groups is 2. The zero-order valence-electron chi connectivity index (χ0n) is 16.8. The largest absolute Gasteiger partial charge is 0.381 e. The Balaban J connectivity index is 1.58. The summed E-state index contributed by atoms with van der Waals surface area (Å²) in [6.45, 7) is 3.01. The van der Waals surface area contributed by atoms with Gasteiger partial charge in [0.05, 0.1) is 5.41 Å². The van der Waals surface area contributed by atoms with Crippen LogP contribution >= 0.6 is 0 Å². The minimum absolute atomic E-state index is 0.141. The summed E-state index contributed by atoms with van der Waals surface area (Å²) in [5.74, 6) is -2.33. The summed E-state index contributed by atoms with van der Waals surface area (Å²) in [5.41, 5.74) is 0.773. The van der Waals surface area contributed by atoms with E-state index in [-0.39, 0.29) is 18.1 Å². The van der Waals surface area contributed by atoms with E-state index in [0.717, 1.165) is 28.2 Å². The summed E-state index contributed by atoms with van der Waals surface area (Å²) >= 11 is 0. The normalized spacial score (nSPS) is 21.0. The molecule has 0 bridgehead atoms. The first kappa shape index (κ1) is 20.5. The Morgan fingerprint density at radius 3 is 2.43 bits per heavy atom. The van der Waals surface area contributed by atoms with Crippen molar-refractivity contribution in [2.24, 2.45) is 0 Å². The molecule has 2 aromatic rings. The number of hydrogen-bond acceptors (Lipinski definition) is 3. The third-order valence-corrected chi connectivity index (χ3v) is 6.16. The molecule has 158 valence electrons. The molecule has 5 nitrogen and oxygen atoms in total. The number of para-hydroxylation sites is 1. The Labute approximate surface area is 174 Å². The average Bonchev–Trinajstić information content (AvgIpc) is 3.09. The molecule has 0 radical (unpaired) electrons. The van der Waals surface area contributed by atoms with E-state index in [2.05, 4.69) is 5.32 Å². The molecule has 2 saturated heterocycles. The summed E-state index contributed by atoms with van der Waals surface area (Å²) in [6.07, 6.45) is 1.31. The van der Waals surface area contributed by atoms with Crippen molar-refractivity contribution in [3.05, 3.63) is 65.2 Å². The number of ether oxygens (including phenoxy) is 1. The molecule has 1 N–H and O–H groups in total. The molecular formula is C23H24F2N2O3. The van der Waals surface area contributed by atoms with Crippen molar-refractivity contribution in [2.75, 3.05) is 24.7 Å². The van der Waals surface area contributed by atoms with E-state index >= 15 is 0 Å². The number of benzene rings is 2. The van der Waals surface area contributed by atoms with Crippen LogP contribution in [-0.4, -0.2) is 37.6 Å². The van der Waals surface area contributed by atoms with Crippen LogP contribution in [0.15, 0.2) is 42.5 Å². The van der Waals surface area contributed by atoms with Crippen LogP contribution in [0.25, 0.3) is 0 Å². The van der Waals surface area contributed by atoms with E-state index in [1.165, 1.54) is 6.07 Å². The summed E-state index contributed by atoms with van der Waals surface area (Å²) in [7, 11) is 0. The maximum atomic E-state index is 14.1. The molecule has 2 aliphatic rings. The highest BCUT2D eigenvalue weighted by atomic mass is 19.1. The summed E-state index contributed by atoms with van der Waals surface area (Å²) in [6, 6.07) is 10.4. The van der Waals surface area contributed by atoms with Crippen molar-refractivity contribution in [3.63, 3.8) is 0 Å². The Bertz CT molecular complexity index is 952. The lowest BCUT2D eigenvalue weighted by Gasteiger charge is -2.37. The van der Waals surface area contributed by atoms with E-state index in [4.69, 9.17) is 4.74 Å². The Morgan fingerprint density at radius 2 is 1.77 bits per heavy atom. The van der Waals surface area contributed by atoms with Gasteiger partial charge in [-0.3, -0.25) is 9.59 Å². The van der Waals surface area contributed by atoms with E-state index in [1.54, 1.807) is 0 Å². The molecule has 0 saturated carbocycles. The van der Waals surface area contributed by atoms with E-state index in [9.17, 15) is 18.4 Å². The second-order valence-electron chi connectivity index (χ2n) is 7.88. The van der Waals surface area contributed by atoms with Gasteiger partial charge in [-0.15, -0.1) is 0 Å². The molecule has 2 aliphatic heterocycles. The van der Waals surface area contributed by atoms with Gasteiger partial charge in [-0.25, -0.2) is 8.78 Å². The predicted molar refractivity (Wildman–Crippen MR) is 108 cm³/mol. The topological polar surface area (TPSA) is 58.6 Å². The summed E-state index contributed by atoms with van der Waals surface area (Å²) in [5, 5.41) is 2.87. The maximum Gasteiger partial charge on any atom is 0.249 e. The smallest absolute Gasteiger partial charge is 0.249 e. The van der Waals surface area contributed by atoms with E-state index < -0.39 is 29.0 Å². The van der Waals surface area contributed by atoms with Crippen LogP contribution in [0.1, 0.15) is 30.4 Å². The van der Waals surface area contributed by atoms with Crippen LogP contribution < -0.4 is 10.2 Å². The Hall–Kier alpha value is -2.80. The fourth-order valence-electron chi connectivity index (χ4n) is 4.53. The van der Waals surface area contributed by atoms with Crippen LogP contribution in [0.4, 0.5) is 14.5 Å². The molecule has 2 fully saturated rings. The number of rotatable bonds is 4. The zero-order valence-corrected chi connectivity index (χ0v) is 16.8. The first-order valence-corrected chi connectivity index (χ1v) is 10.1. The lowest BCUT2D eigenvalue weighted by Crippen LogP contribution is -2.53. The number of amides is 2. The van der Waals surface area contributed by atoms with Gasteiger partial charge < -0.3 is 15.0 Å². The fraction of sp³-hybridized carbons (Fsp3) is 0.391. The highest BCUT2D eigenvalue weighted by molar-refractivity contribution is 6.02. The molecular weight excluding hydrogens is 390 g/mol.